The minimum absolute atomic E-state index is 0.0547. The van der Waals surface area contributed by atoms with Crippen molar-refractivity contribution in [2.75, 3.05) is 6.61 Å². The molecular weight excluding hydrogens is 236 g/mol. The molecule has 0 fully saturated rings. The van der Waals surface area contributed by atoms with Gasteiger partial charge in [-0.3, -0.25) is 4.79 Å². The summed E-state index contributed by atoms with van der Waals surface area (Å²) >= 11 is 0. The van der Waals surface area contributed by atoms with Crippen LogP contribution in [-0.2, 0) is 5.41 Å². The summed E-state index contributed by atoms with van der Waals surface area (Å²) in [5.41, 5.74) is 1.65. The molecule has 2 nitrogen and oxygen atoms in total. The third-order valence-electron chi connectivity index (χ3n) is 2.83. The standard InChI is InChI=1S/C17H24O2/c1-7-15(18)13-8-9-16(19-11-12(2)3)14(10-13)17(4,5)6/h7-10,12H,1,11H2,2-6H3. The highest BCUT2D eigenvalue weighted by Crippen LogP contribution is 2.32. The fourth-order valence-corrected chi connectivity index (χ4v) is 1.77. The first-order valence-electron chi connectivity index (χ1n) is 6.69. The number of carbonyl (C=O) groups excluding carboxylic acids is 1. The Bertz CT molecular complexity index is 465. The van der Waals surface area contributed by atoms with Gasteiger partial charge in [0.2, 0.25) is 0 Å². The highest BCUT2D eigenvalue weighted by molar-refractivity contribution is 6.04. The molecule has 1 rings (SSSR count). The minimum Gasteiger partial charge on any atom is -0.493 e. The molecule has 0 saturated heterocycles. The fraction of sp³-hybridized carbons (Fsp3) is 0.471. The van der Waals surface area contributed by atoms with E-state index in [1.54, 1.807) is 6.07 Å². The summed E-state index contributed by atoms with van der Waals surface area (Å²) in [6.07, 6.45) is 1.34. The third kappa shape index (κ3) is 4.23. The predicted octanol–water partition coefficient (Wildman–Crippen LogP) is 4.39. The maximum atomic E-state index is 11.7. The molecule has 0 aliphatic carbocycles. The topological polar surface area (TPSA) is 26.3 Å². The first-order valence-corrected chi connectivity index (χ1v) is 6.69. The van der Waals surface area contributed by atoms with Crippen molar-refractivity contribution in [3.05, 3.63) is 42.0 Å². The maximum Gasteiger partial charge on any atom is 0.185 e. The van der Waals surface area contributed by atoms with E-state index in [9.17, 15) is 4.79 Å². The van der Waals surface area contributed by atoms with E-state index in [0.717, 1.165) is 11.3 Å². The van der Waals surface area contributed by atoms with Crippen molar-refractivity contribution >= 4 is 5.78 Å². The summed E-state index contributed by atoms with van der Waals surface area (Å²) < 4.78 is 5.86. The third-order valence-corrected chi connectivity index (χ3v) is 2.83. The second-order valence-electron chi connectivity index (χ2n) is 6.23. The zero-order valence-corrected chi connectivity index (χ0v) is 12.6. The molecule has 19 heavy (non-hydrogen) atoms. The summed E-state index contributed by atoms with van der Waals surface area (Å²) in [5.74, 6) is 1.28. The average Bonchev–Trinajstić information content (AvgIpc) is 2.34. The Kier molecular flexibility index (Phi) is 4.93. The van der Waals surface area contributed by atoms with E-state index in [2.05, 4.69) is 41.2 Å². The van der Waals surface area contributed by atoms with Crippen molar-refractivity contribution < 1.29 is 9.53 Å². The van der Waals surface area contributed by atoms with E-state index < -0.39 is 0 Å². The van der Waals surface area contributed by atoms with Crippen molar-refractivity contribution in [2.24, 2.45) is 5.92 Å². The van der Waals surface area contributed by atoms with Gasteiger partial charge in [0.1, 0.15) is 5.75 Å². The van der Waals surface area contributed by atoms with E-state index >= 15 is 0 Å². The SMILES string of the molecule is C=CC(=O)c1ccc(OCC(C)C)c(C(C)(C)C)c1. The molecule has 0 unspecified atom stereocenters. The fourth-order valence-electron chi connectivity index (χ4n) is 1.77. The molecule has 0 spiro atoms. The van der Waals surface area contributed by atoms with Crippen molar-refractivity contribution in [1.29, 1.82) is 0 Å². The van der Waals surface area contributed by atoms with Gasteiger partial charge in [-0.05, 0) is 35.6 Å². The number of ether oxygens (including phenoxy) is 1. The predicted molar refractivity (Wildman–Crippen MR) is 80.0 cm³/mol. The molecule has 0 aliphatic heterocycles. The molecule has 0 heterocycles. The number of hydrogen-bond donors (Lipinski definition) is 0. The van der Waals surface area contributed by atoms with Crippen LogP contribution in [0.3, 0.4) is 0 Å². The normalized spacial score (nSPS) is 11.5. The largest absolute Gasteiger partial charge is 0.493 e. The Morgan fingerprint density at radius 1 is 1.37 bits per heavy atom. The number of benzene rings is 1. The zero-order chi connectivity index (χ0) is 14.6. The smallest absolute Gasteiger partial charge is 0.185 e. The lowest BCUT2D eigenvalue weighted by Gasteiger charge is -2.24. The van der Waals surface area contributed by atoms with Gasteiger partial charge < -0.3 is 4.74 Å². The Morgan fingerprint density at radius 2 is 2.00 bits per heavy atom. The lowest BCUT2D eigenvalue weighted by Crippen LogP contribution is -2.16. The molecule has 0 bridgehead atoms. The van der Waals surface area contributed by atoms with Crippen LogP contribution in [0.1, 0.15) is 50.5 Å². The van der Waals surface area contributed by atoms with Crippen LogP contribution in [-0.4, -0.2) is 12.4 Å². The van der Waals surface area contributed by atoms with Gasteiger partial charge in [-0.25, -0.2) is 0 Å². The Morgan fingerprint density at radius 3 is 2.47 bits per heavy atom. The van der Waals surface area contributed by atoms with Gasteiger partial charge in [0, 0.05) is 11.1 Å². The second kappa shape index (κ2) is 6.05. The monoisotopic (exact) mass is 260 g/mol. The van der Waals surface area contributed by atoms with Crippen LogP contribution in [0.2, 0.25) is 0 Å². The molecule has 0 N–H and O–H groups in total. The van der Waals surface area contributed by atoms with Crippen LogP contribution < -0.4 is 4.74 Å². The first kappa shape index (κ1) is 15.5. The van der Waals surface area contributed by atoms with Crippen LogP contribution in [0.5, 0.6) is 5.75 Å². The van der Waals surface area contributed by atoms with Gasteiger partial charge in [-0.1, -0.05) is 41.2 Å². The molecular formula is C17H24O2. The quantitative estimate of drug-likeness (QED) is 0.580. The van der Waals surface area contributed by atoms with Gasteiger partial charge in [0.15, 0.2) is 5.78 Å². The molecule has 0 aromatic heterocycles. The average molecular weight is 260 g/mol. The first-order chi connectivity index (χ1) is 8.75. The van der Waals surface area contributed by atoms with E-state index in [4.69, 9.17) is 4.74 Å². The number of carbonyl (C=O) groups is 1. The molecule has 104 valence electrons. The maximum absolute atomic E-state index is 11.7. The van der Waals surface area contributed by atoms with Crippen LogP contribution >= 0.6 is 0 Å². The molecule has 0 atom stereocenters. The minimum atomic E-state index is -0.0657. The van der Waals surface area contributed by atoms with Gasteiger partial charge >= 0.3 is 0 Å². The lowest BCUT2D eigenvalue weighted by atomic mass is 9.85. The molecule has 0 amide bonds. The van der Waals surface area contributed by atoms with Gasteiger partial charge in [0.25, 0.3) is 0 Å². The van der Waals surface area contributed by atoms with Gasteiger partial charge in [0.05, 0.1) is 6.61 Å². The molecule has 0 radical (unpaired) electrons. The van der Waals surface area contributed by atoms with Crippen molar-refractivity contribution in [1.82, 2.24) is 0 Å². The second-order valence-corrected chi connectivity index (χ2v) is 6.23. The Hall–Kier alpha value is -1.57. The lowest BCUT2D eigenvalue weighted by molar-refractivity contribution is 0.104. The van der Waals surface area contributed by atoms with Crippen LogP contribution in [0.15, 0.2) is 30.9 Å². The molecule has 1 aromatic carbocycles. The molecule has 0 aliphatic rings. The Balaban J connectivity index is 3.17. The van der Waals surface area contributed by atoms with Crippen LogP contribution in [0, 0.1) is 5.92 Å². The summed E-state index contributed by atoms with van der Waals surface area (Å²) in [4.78, 5) is 11.7. The van der Waals surface area contributed by atoms with Crippen LogP contribution in [0.4, 0.5) is 0 Å². The highest BCUT2D eigenvalue weighted by Gasteiger charge is 2.20. The summed E-state index contributed by atoms with van der Waals surface area (Å²) in [6.45, 7) is 14.8. The molecule has 2 heteroatoms. The molecule has 0 saturated carbocycles. The summed E-state index contributed by atoms with van der Waals surface area (Å²) in [7, 11) is 0. The van der Waals surface area contributed by atoms with E-state index in [1.165, 1.54) is 6.08 Å². The molecule has 1 aromatic rings. The van der Waals surface area contributed by atoms with Crippen molar-refractivity contribution in [3.8, 4) is 5.75 Å². The zero-order valence-electron chi connectivity index (χ0n) is 12.6. The van der Waals surface area contributed by atoms with Crippen molar-refractivity contribution in [2.45, 2.75) is 40.0 Å². The van der Waals surface area contributed by atoms with E-state index in [0.29, 0.717) is 18.1 Å². The number of allylic oxidation sites excluding steroid dienone is 1. The summed E-state index contributed by atoms with van der Waals surface area (Å²) in [5, 5.41) is 0. The number of hydrogen-bond acceptors (Lipinski definition) is 2. The number of rotatable bonds is 5. The van der Waals surface area contributed by atoms with Crippen LogP contribution in [0.25, 0.3) is 0 Å². The van der Waals surface area contributed by atoms with Gasteiger partial charge in [-0.15, -0.1) is 0 Å². The van der Waals surface area contributed by atoms with E-state index in [-0.39, 0.29) is 11.2 Å². The highest BCUT2D eigenvalue weighted by atomic mass is 16.5. The van der Waals surface area contributed by atoms with E-state index in [1.807, 2.05) is 12.1 Å². The number of ketones is 1. The summed E-state index contributed by atoms with van der Waals surface area (Å²) in [6, 6.07) is 5.61. The van der Waals surface area contributed by atoms with Gasteiger partial charge in [-0.2, -0.15) is 0 Å². The Labute approximate surface area is 116 Å². The van der Waals surface area contributed by atoms with Crippen molar-refractivity contribution in [3.63, 3.8) is 0 Å².